The van der Waals surface area contributed by atoms with E-state index in [1.165, 1.54) is 5.56 Å². The molecular weight excluding hydrogens is 388 g/mol. The summed E-state index contributed by atoms with van der Waals surface area (Å²) in [5.74, 6) is 0. The van der Waals surface area contributed by atoms with Crippen LogP contribution in [-0.4, -0.2) is 15.9 Å². The molecule has 1 heterocycles. The van der Waals surface area contributed by atoms with Crippen LogP contribution in [0.1, 0.15) is 27.9 Å². The second kappa shape index (κ2) is 9.04. The molecule has 0 radical (unpaired) electrons. The number of nitrogens with one attached hydrogen (secondary N) is 2. The minimum absolute atomic E-state index is 0.454. The molecule has 0 amide bonds. The molecule has 3 rings (SSSR count). The normalized spacial score (nSPS) is 11.0. The summed E-state index contributed by atoms with van der Waals surface area (Å²) in [5.41, 5.74) is 9.46. The Labute approximate surface area is 176 Å². The number of nitrogens with zero attached hydrogens (tertiary/aromatic N) is 2. The second-order valence-electron chi connectivity index (χ2n) is 6.75. The van der Waals surface area contributed by atoms with Crippen molar-refractivity contribution >= 4 is 40.8 Å². The predicted molar refractivity (Wildman–Crippen MR) is 123 cm³/mol. The highest BCUT2D eigenvalue weighted by Crippen LogP contribution is 2.21. The maximum Gasteiger partial charge on any atom is 0.191 e. The van der Waals surface area contributed by atoms with E-state index in [0.717, 1.165) is 33.1 Å². The number of rotatable bonds is 5. The van der Waals surface area contributed by atoms with Crippen molar-refractivity contribution in [3.8, 4) is 0 Å². The summed E-state index contributed by atoms with van der Waals surface area (Å²) >= 11 is 11.6. The van der Waals surface area contributed by atoms with Crippen LogP contribution in [0.4, 0.5) is 5.69 Å². The minimum atomic E-state index is 0.454. The molecule has 28 heavy (non-hydrogen) atoms. The third-order valence-corrected chi connectivity index (χ3v) is 5.00. The average molecular weight is 411 g/mol. The van der Waals surface area contributed by atoms with E-state index in [9.17, 15) is 0 Å². The summed E-state index contributed by atoms with van der Waals surface area (Å²) < 4.78 is 2.08. The van der Waals surface area contributed by atoms with Crippen LogP contribution >= 0.6 is 23.8 Å². The third-order valence-electron chi connectivity index (χ3n) is 4.44. The highest BCUT2D eigenvalue weighted by Gasteiger charge is 2.06. The number of aromatic nitrogens is 1. The molecule has 0 saturated heterocycles. The van der Waals surface area contributed by atoms with Crippen molar-refractivity contribution in [2.24, 2.45) is 5.10 Å². The van der Waals surface area contributed by atoms with E-state index >= 15 is 0 Å². The maximum absolute atomic E-state index is 6.27. The van der Waals surface area contributed by atoms with Crippen LogP contribution in [0.5, 0.6) is 0 Å². The van der Waals surface area contributed by atoms with Crippen molar-refractivity contribution in [3.05, 3.63) is 87.7 Å². The summed E-state index contributed by atoms with van der Waals surface area (Å²) in [6, 6.07) is 16.1. The summed E-state index contributed by atoms with van der Waals surface area (Å²) in [4.78, 5) is 0. The molecule has 144 valence electrons. The van der Waals surface area contributed by atoms with Gasteiger partial charge < -0.3 is 9.88 Å². The zero-order valence-corrected chi connectivity index (χ0v) is 17.7. The van der Waals surface area contributed by atoms with Crippen LogP contribution in [0.25, 0.3) is 0 Å². The SMILES string of the molecule is Cc1cc(C)c(NC(=S)N/N=C\c2cccn2Cc2ccccc2Cl)c(C)c1. The van der Waals surface area contributed by atoms with Gasteiger partial charge in [-0.3, -0.25) is 5.43 Å². The molecule has 0 unspecified atom stereocenters. The van der Waals surface area contributed by atoms with Gasteiger partial charge in [0, 0.05) is 23.5 Å². The average Bonchev–Trinajstić information content (AvgIpc) is 3.07. The van der Waals surface area contributed by atoms with Crippen LogP contribution in [0.2, 0.25) is 5.02 Å². The zero-order chi connectivity index (χ0) is 20.1. The third kappa shape index (κ3) is 5.00. The Balaban J connectivity index is 1.64. The molecule has 6 heteroatoms. The van der Waals surface area contributed by atoms with Crippen molar-refractivity contribution in [2.45, 2.75) is 27.3 Å². The van der Waals surface area contributed by atoms with Crippen molar-refractivity contribution in [1.29, 1.82) is 0 Å². The van der Waals surface area contributed by atoms with E-state index in [-0.39, 0.29) is 0 Å². The number of hydrazone groups is 1. The summed E-state index contributed by atoms with van der Waals surface area (Å²) in [6.45, 7) is 6.90. The van der Waals surface area contributed by atoms with Gasteiger partial charge in [0.25, 0.3) is 0 Å². The lowest BCUT2D eigenvalue weighted by Gasteiger charge is -2.14. The van der Waals surface area contributed by atoms with Crippen LogP contribution in [-0.2, 0) is 6.54 Å². The number of benzene rings is 2. The van der Waals surface area contributed by atoms with Gasteiger partial charge in [-0.2, -0.15) is 5.10 Å². The van der Waals surface area contributed by atoms with Crippen LogP contribution in [0.3, 0.4) is 0 Å². The van der Waals surface area contributed by atoms with E-state index < -0.39 is 0 Å². The first-order valence-corrected chi connectivity index (χ1v) is 9.79. The molecule has 0 aliphatic heterocycles. The van der Waals surface area contributed by atoms with Crippen LogP contribution in [0.15, 0.2) is 59.8 Å². The largest absolute Gasteiger partial charge is 0.342 e. The highest BCUT2D eigenvalue weighted by molar-refractivity contribution is 7.80. The Kier molecular flexibility index (Phi) is 6.49. The van der Waals surface area contributed by atoms with Gasteiger partial charge in [-0.1, -0.05) is 47.5 Å². The molecule has 4 nitrogen and oxygen atoms in total. The smallest absolute Gasteiger partial charge is 0.191 e. The maximum atomic E-state index is 6.27. The number of hydrogen-bond acceptors (Lipinski definition) is 2. The second-order valence-corrected chi connectivity index (χ2v) is 7.57. The van der Waals surface area contributed by atoms with Gasteiger partial charge in [0.1, 0.15) is 0 Å². The fraction of sp³-hybridized carbons (Fsp3) is 0.182. The van der Waals surface area contributed by atoms with Crippen molar-refractivity contribution < 1.29 is 0 Å². The van der Waals surface area contributed by atoms with Gasteiger partial charge >= 0.3 is 0 Å². The minimum Gasteiger partial charge on any atom is -0.342 e. The Morgan fingerprint density at radius 1 is 1.11 bits per heavy atom. The fourth-order valence-corrected chi connectivity index (χ4v) is 3.52. The molecule has 1 aromatic heterocycles. The molecule has 2 N–H and O–H groups in total. The standard InChI is InChI=1S/C22H23ClN4S/c1-15-11-16(2)21(17(3)12-15)25-22(28)26-24-13-19-8-6-10-27(19)14-18-7-4-5-9-20(18)23/h4-13H,14H2,1-3H3,(H2,25,26,28)/b24-13-. The predicted octanol–water partition coefficient (Wildman–Crippen LogP) is 5.44. The first-order valence-electron chi connectivity index (χ1n) is 9.00. The van der Waals surface area contributed by atoms with Gasteiger partial charge in [0.15, 0.2) is 5.11 Å². The lowest BCUT2D eigenvalue weighted by atomic mass is 10.1. The fourth-order valence-electron chi connectivity index (χ4n) is 3.17. The van der Waals surface area contributed by atoms with E-state index in [0.29, 0.717) is 11.7 Å². The summed E-state index contributed by atoms with van der Waals surface area (Å²) in [5, 5.41) is 8.72. The highest BCUT2D eigenvalue weighted by atomic mass is 35.5. The Morgan fingerprint density at radius 2 is 1.82 bits per heavy atom. The molecule has 2 aromatic carbocycles. The van der Waals surface area contributed by atoms with Gasteiger partial charge in [-0.05, 0) is 67.9 Å². The van der Waals surface area contributed by atoms with Gasteiger partial charge in [0.05, 0.1) is 11.9 Å². The monoisotopic (exact) mass is 410 g/mol. The van der Waals surface area contributed by atoms with E-state index in [2.05, 4.69) is 53.3 Å². The first kappa shape index (κ1) is 20.1. The van der Waals surface area contributed by atoms with Crippen LogP contribution in [0, 0.1) is 20.8 Å². The number of hydrogen-bond donors (Lipinski definition) is 2. The Hall–Kier alpha value is -2.63. The van der Waals surface area contributed by atoms with Gasteiger partial charge in [0.2, 0.25) is 0 Å². The van der Waals surface area contributed by atoms with E-state index in [1.54, 1.807) is 6.21 Å². The Morgan fingerprint density at radius 3 is 2.54 bits per heavy atom. The topological polar surface area (TPSA) is 41.4 Å². The summed E-state index contributed by atoms with van der Waals surface area (Å²) in [7, 11) is 0. The Bertz CT molecular complexity index is 1000. The number of thiocarbonyl (C=S) groups is 1. The summed E-state index contributed by atoms with van der Waals surface area (Å²) in [6.07, 6.45) is 3.75. The quantitative estimate of drug-likeness (QED) is 0.334. The van der Waals surface area contributed by atoms with Crippen molar-refractivity contribution in [3.63, 3.8) is 0 Å². The van der Waals surface area contributed by atoms with Crippen LogP contribution < -0.4 is 10.7 Å². The first-order chi connectivity index (χ1) is 13.4. The van der Waals surface area contributed by atoms with Crippen molar-refractivity contribution in [2.75, 3.05) is 5.32 Å². The molecule has 0 saturated carbocycles. The molecular formula is C22H23ClN4S. The van der Waals surface area contributed by atoms with Gasteiger partial charge in [-0.25, -0.2) is 0 Å². The molecule has 0 fully saturated rings. The van der Waals surface area contributed by atoms with Gasteiger partial charge in [-0.15, -0.1) is 0 Å². The number of aryl methyl sites for hydroxylation is 3. The van der Waals surface area contributed by atoms with E-state index in [4.69, 9.17) is 23.8 Å². The molecule has 0 atom stereocenters. The zero-order valence-electron chi connectivity index (χ0n) is 16.2. The number of anilines is 1. The molecule has 3 aromatic rings. The van der Waals surface area contributed by atoms with Crippen molar-refractivity contribution in [1.82, 2.24) is 9.99 Å². The lowest BCUT2D eigenvalue weighted by Crippen LogP contribution is -2.25. The number of halogens is 1. The van der Waals surface area contributed by atoms with E-state index in [1.807, 2.05) is 42.6 Å². The molecule has 0 spiro atoms. The molecule has 0 aliphatic carbocycles. The molecule has 0 aliphatic rings. The molecule has 0 bridgehead atoms. The lowest BCUT2D eigenvalue weighted by molar-refractivity contribution is 0.799.